The highest BCUT2D eigenvalue weighted by Crippen LogP contribution is 2.22. The van der Waals surface area contributed by atoms with Gasteiger partial charge in [-0.1, -0.05) is 0 Å². The number of carbonyl (C=O) groups excluding carboxylic acids is 2. The maximum absolute atomic E-state index is 12.4. The van der Waals surface area contributed by atoms with E-state index in [1.54, 1.807) is 7.11 Å². The normalized spacial score (nSPS) is 10.4. The van der Waals surface area contributed by atoms with Crippen LogP contribution in [0.1, 0.15) is 34.6 Å². The van der Waals surface area contributed by atoms with Gasteiger partial charge < -0.3 is 19.4 Å². The molecule has 0 bridgehead atoms. The number of aryl methyl sites for hydroxylation is 1. The minimum atomic E-state index is -0.271. The van der Waals surface area contributed by atoms with Gasteiger partial charge in [0.2, 0.25) is 0 Å². The zero-order chi connectivity index (χ0) is 18.4. The van der Waals surface area contributed by atoms with Crippen molar-refractivity contribution < 1.29 is 19.1 Å². The fraction of sp³-hybridized carbons (Fsp3) is 0.368. The molecule has 25 heavy (non-hydrogen) atoms. The Labute approximate surface area is 147 Å². The van der Waals surface area contributed by atoms with Crippen molar-refractivity contribution in [2.45, 2.75) is 26.7 Å². The molecule has 2 rings (SSSR count). The molecule has 0 fully saturated rings. The Morgan fingerprint density at radius 1 is 1.12 bits per heavy atom. The Bertz CT molecular complexity index is 748. The lowest BCUT2D eigenvalue weighted by molar-refractivity contribution is -0.140. The number of hydrogen-bond donors (Lipinski definition) is 1. The zero-order valence-electron chi connectivity index (χ0n) is 15.1. The first-order valence-electron chi connectivity index (χ1n) is 8.16. The fourth-order valence-corrected chi connectivity index (χ4v) is 2.75. The molecule has 1 heterocycles. The number of rotatable bonds is 7. The van der Waals surface area contributed by atoms with Gasteiger partial charge >= 0.3 is 5.97 Å². The number of nitrogens with zero attached hydrogens (tertiary/aromatic N) is 1. The van der Waals surface area contributed by atoms with E-state index in [1.807, 2.05) is 48.7 Å². The Kier molecular flexibility index (Phi) is 6.22. The van der Waals surface area contributed by atoms with Gasteiger partial charge in [0, 0.05) is 30.0 Å². The number of hydrogen-bond acceptors (Lipinski definition) is 4. The first-order chi connectivity index (χ1) is 12.0. The van der Waals surface area contributed by atoms with Crippen LogP contribution in [0.2, 0.25) is 0 Å². The molecule has 1 amide bonds. The van der Waals surface area contributed by atoms with Crippen LogP contribution in [0.3, 0.4) is 0 Å². The minimum Gasteiger partial charge on any atom is -0.497 e. The predicted molar refractivity (Wildman–Crippen MR) is 95.4 cm³/mol. The van der Waals surface area contributed by atoms with Crippen molar-refractivity contribution in [3.05, 3.63) is 47.3 Å². The van der Waals surface area contributed by atoms with Crippen LogP contribution >= 0.6 is 0 Å². The summed E-state index contributed by atoms with van der Waals surface area (Å²) in [4.78, 5) is 23.5. The summed E-state index contributed by atoms with van der Waals surface area (Å²) in [6.45, 7) is 4.31. The molecule has 0 saturated heterocycles. The summed E-state index contributed by atoms with van der Waals surface area (Å²) < 4.78 is 11.8. The molecule has 0 unspecified atom stereocenters. The molecule has 1 aromatic heterocycles. The van der Waals surface area contributed by atoms with E-state index >= 15 is 0 Å². The summed E-state index contributed by atoms with van der Waals surface area (Å²) in [7, 11) is 2.98. The molecule has 2 aromatic rings. The van der Waals surface area contributed by atoms with Gasteiger partial charge in [-0.05, 0) is 50.6 Å². The maximum atomic E-state index is 12.4. The summed E-state index contributed by atoms with van der Waals surface area (Å²) in [6, 6.07) is 9.56. The molecule has 1 aromatic carbocycles. The molecule has 1 N–H and O–H groups in total. The Morgan fingerprint density at radius 2 is 1.80 bits per heavy atom. The van der Waals surface area contributed by atoms with Gasteiger partial charge in [0.25, 0.3) is 5.91 Å². The summed E-state index contributed by atoms with van der Waals surface area (Å²) in [5.41, 5.74) is 3.45. The molecule has 0 radical (unpaired) electrons. The Morgan fingerprint density at radius 3 is 2.40 bits per heavy atom. The first kappa shape index (κ1) is 18.6. The molecular weight excluding hydrogens is 320 g/mol. The molecule has 0 spiro atoms. The third-order valence-corrected chi connectivity index (χ3v) is 4.08. The van der Waals surface area contributed by atoms with Crippen LogP contribution in [-0.4, -0.2) is 37.2 Å². The molecular formula is C19H24N2O4. The summed E-state index contributed by atoms with van der Waals surface area (Å²) in [6.07, 6.45) is 0.845. The average Bonchev–Trinajstić information content (AvgIpc) is 2.92. The van der Waals surface area contributed by atoms with Gasteiger partial charge in [0.1, 0.15) is 5.75 Å². The Balaban J connectivity index is 2.09. The molecule has 6 heteroatoms. The van der Waals surface area contributed by atoms with Crippen molar-refractivity contribution in [3.8, 4) is 11.4 Å². The van der Waals surface area contributed by atoms with E-state index in [0.717, 1.165) is 22.8 Å². The van der Waals surface area contributed by atoms with Gasteiger partial charge in [0.15, 0.2) is 0 Å². The number of aromatic nitrogens is 1. The highest BCUT2D eigenvalue weighted by Gasteiger charge is 2.16. The van der Waals surface area contributed by atoms with E-state index in [0.29, 0.717) is 24.9 Å². The average molecular weight is 344 g/mol. The largest absolute Gasteiger partial charge is 0.497 e. The monoisotopic (exact) mass is 344 g/mol. The van der Waals surface area contributed by atoms with Crippen molar-refractivity contribution in [1.82, 2.24) is 9.88 Å². The lowest BCUT2D eigenvalue weighted by Crippen LogP contribution is -2.25. The number of amides is 1. The van der Waals surface area contributed by atoms with E-state index in [9.17, 15) is 9.59 Å². The number of methoxy groups -OCH3 is 2. The number of nitrogens with one attached hydrogen (secondary N) is 1. The number of carbonyl (C=O) groups is 2. The topological polar surface area (TPSA) is 69.6 Å². The van der Waals surface area contributed by atoms with Crippen molar-refractivity contribution in [3.63, 3.8) is 0 Å². The first-order valence-corrected chi connectivity index (χ1v) is 8.16. The van der Waals surface area contributed by atoms with Crippen molar-refractivity contribution >= 4 is 11.9 Å². The van der Waals surface area contributed by atoms with Gasteiger partial charge in [-0.3, -0.25) is 9.59 Å². The van der Waals surface area contributed by atoms with Crippen LogP contribution in [0.5, 0.6) is 5.75 Å². The molecule has 0 aliphatic carbocycles. The second-order valence-electron chi connectivity index (χ2n) is 5.75. The van der Waals surface area contributed by atoms with E-state index in [1.165, 1.54) is 7.11 Å². The van der Waals surface area contributed by atoms with E-state index in [-0.39, 0.29) is 11.9 Å². The third kappa shape index (κ3) is 4.41. The van der Waals surface area contributed by atoms with Crippen LogP contribution in [0, 0.1) is 13.8 Å². The lowest BCUT2D eigenvalue weighted by atomic mass is 10.2. The molecule has 0 atom stereocenters. The Hall–Kier alpha value is -2.76. The van der Waals surface area contributed by atoms with Gasteiger partial charge in [-0.25, -0.2) is 0 Å². The van der Waals surface area contributed by atoms with Gasteiger partial charge in [-0.15, -0.1) is 0 Å². The quantitative estimate of drug-likeness (QED) is 0.619. The highest BCUT2D eigenvalue weighted by atomic mass is 16.5. The summed E-state index contributed by atoms with van der Waals surface area (Å²) >= 11 is 0. The van der Waals surface area contributed by atoms with E-state index < -0.39 is 0 Å². The standard InChI is InChI=1S/C19H24N2O4/c1-13-12-17(19(23)20-11-5-6-18(22)25-4)14(2)21(13)15-7-9-16(24-3)10-8-15/h7-10,12H,5-6,11H2,1-4H3,(H,20,23). The second-order valence-corrected chi connectivity index (χ2v) is 5.75. The lowest BCUT2D eigenvalue weighted by Gasteiger charge is -2.11. The molecule has 6 nitrogen and oxygen atoms in total. The van der Waals surface area contributed by atoms with Gasteiger partial charge in [0.05, 0.1) is 19.8 Å². The van der Waals surface area contributed by atoms with Crippen LogP contribution in [0.25, 0.3) is 5.69 Å². The highest BCUT2D eigenvalue weighted by molar-refractivity contribution is 5.95. The van der Waals surface area contributed by atoms with Crippen LogP contribution in [0.15, 0.2) is 30.3 Å². The molecule has 0 aliphatic heterocycles. The SMILES string of the molecule is COC(=O)CCCNC(=O)c1cc(C)n(-c2ccc(OC)cc2)c1C. The van der Waals surface area contributed by atoms with E-state index in [4.69, 9.17) is 4.74 Å². The summed E-state index contributed by atoms with van der Waals surface area (Å²) in [5.74, 6) is 0.374. The zero-order valence-corrected chi connectivity index (χ0v) is 15.1. The van der Waals surface area contributed by atoms with Crippen molar-refractivity contribution in [2.24, 2.45) is 0 Å². The number of esters is 1. The molecule has 134 valence electrons. The van der Waals surface area contributed by atoms with Crippen LogP contribution in [-0.2, 0) is 9.53 Å². The van der Waals surface area contributed by atoms with Crippen molar-refractivity contribution in [1.29, 1.82) is 0 Å². The molecule has 0 saturated carbocycles. The molecule has 0 aliphatic rings. The van der Waals surface area contributed by atoms with Crippen molar-refractivity contribution in [2.75, 3.05) is 20.8 Å². The number of ether oxygens (including phenoxy) is 2. The van der Waals surface area contributed by atoms with Crippen LogP contribution in [0.4, 0.5) is 0 Å². The minimum absolute atomic E-state index is 0.141. The maximum Gasteiger partial charge on any atom is 0.305 e. The fourth-order valence-electron chi connectivity index (χ4n) is 2.75. The van der Waals surface area contributed by atoms with Gasteiger partial charge in [-0.2, -0.15) is 0 Å². The second kappa shape index (κ2) is 8.37. The predicted octanol–water partition coefficient (Wildman–Crippen LogP) is 2.79. The third-order valence-electron chi connectivity index (χ3n) is 4.08. The van der Waals surface area contributed by atoms with E-state index in [2.05, 4.69) is 10.1 Å². The van der Waals surface area contributed by atoms with Crippen LogP contribution < -0.4 is 10.1 Å². The number of benzene rings is 1. The smallest absolute Gasteiger partial charge is 0.305 e. The summed E-state index contributed by atoms with van der Waals surface area (Å²) in [5, 5.41) is 2.85.